The Morgan fingerprint density at radius 3 is 2.50 bits per heavy atom. The Balaban J connectivity index is 2.85. The second kappa shape index (κ2) is 7.47. The third-order valence-corrected chi connectivity index (χ3v) is 3.23. The van der Waals surface area contributed by atoms with Crippen molar-refractivity contribution in [2.75, 3.05) is 6.61 Å². The van der Waals surface area contributed by atoms with Crippen LogP contribution in [0.3, 0.4) is 0 Å². The molecule has 2 N–H and O–H groups in total. The number of benzene rings is 1. The number of rotatable bonds is 5. The lowest BCUT2D eigenvalue weighted by atomic mass is 10.1. The topological polar surface area (TPSA) is 75.6 Å². The van der Waals surface area contributed by atoms with Gasteiger partial charge in [-0.1, -0.05) is 23.2 Å². The van der Waals surface area contributed by atoms with Crippen molar-refractivity contribution < 1.29 is 19.4 Å². The van der Waals surface area contributed by atoms with Gasteiger partial charge in [0, 0.05) is 5.56 Å². The van der Waals surface area contributed by atoms with Crippen LogP contribution in [-0.4, -0.2) is 35.7 Å². The Morgan fingerprint density at radius 1 is 1.35 bits per heavy atom. The van der Waals surface area contributed by atoms with Gasteiger partial charge in [-0.25, -0.2) is 4.79 Å². The normalized spacial score (nSPS) is 13.4. The number of hydrogen-bond donors (Lipinski definition) is 2. The molecule has 110 valence electrons. The fraction of sp³-hybridized carbons (Fsp3) is 0.385. The van der Waals surface area contributed by atoms with E-state index in [1.807, 2.05) is 0 Å². The lowest BCUT2D eigenvalue weighted by Gasteiger charge is -2.19. The quantitative estimate of drug-likeness (QED) is 0.814. The van der Waals surface area contributed by atoms with Crippen molar-refractivity contribution in [3.8, 4) is 0 Å². The van der Waals surface area contributed by atoms with Crippen molar-refractivity contribution >= 4 is 35.1 Å². The number of carbonyl (C=O) groups is 2. The molecule has 5 nitrogen and oxygen atoms in total. The highest BCUT2D eigenvalue weighted by atomic mass is 35.5. The number of hydrogen-bond acceptors (Lipinski definition) is 4. The van der Waals surface area contributed by atoms with Crippen LogP contribution in [0.15, 0.2) is 18.2 Å². The highest BCUT2D eigenvalue weighted by Crippen LogP contribution is 2.22. The Hall–Kier alpha value is -1.30. The molecular formula is C13H15Cl2NO4. The fourth-order valence-corrected chi connectivity index (χ4v) is 1.77. The Kier molecular flexibility index (Phi) is 6.26. The lowest BCUT2D eigenvalue weighted by Crippen LogP contribution is -2.48. The zero-order valence-electron chi connectivity index (χ0n) is 11.0. The summed E-state index contributed by atoms with van der Waals surface area (Å²) in [7, 11) is 0. The van der Waals surface area contributed by atoms with Gasteiger partial charge in [0.2, 0.25) is 0 Å². The zero-order chi connectivity index (χ0) is 15.3. The minimum Gasteiger partial charge on any atom is -0.464 e. The molecule has 1 rings (SSSR count). The molecule has 0 aliphatic heterocycles. The molecule has 0 aliphatic carbocycles. The minimum absolute atomic E-state index is 0.157. The second-order valence-electron chi connectivity index (χ2n) is 4.07. The van der Waals surface area contributed by atoms with Gasteiger partial charge in [0.05, 0.1) is 22.8 Å². The van der Waals surface area contributed by atoms with E-state index in [0.29, 0.717) is 5.02 Å². The first-order valence-corrected chi connectivity index (χ1v) is 6.73. The number of nitrogens with one attached hydrogen (secondary N) is 1. The highest BCUT2D eigenvalue weighted by molar-refractivity contribution is 6.42. The van der Waals surface area contributed by atoms with Crippen LogP contribution in [0.2, 0.25) is 10.0 Å². The molecule has 1 aromatic carbocycles. The number of aliphatic hydroxyl groups excluding tert-OH is 1. The smallest absolute Gasteiger partial charge is 0.331 e. The molecule has 0 spiro atoms. The van der Waals surface area contributed by atoms with Gasteiger partial charge in [-0.3, -0.25) is 4.79 Å². The summed E-state index contributed by atoms with van der Waals surface area (Å²) in [6.45, 7) is 3.18. The molecule has 0 radical (unpaired) electrons. The number of carbonyl (C=O) groups excluding carboxylic acids is 2. The molecule has 0 unspecified atom stereocenters. The van der Waals surface area contributed by atoms with Crippen LogP contribution in [0.25, 0.3) is 0 Å². The van der Waals surface area contributed by atoms with Crippen LogP contribution in [0.1, 0.15) is 24.2 Å². The standard InChI is InChI=1S/C13H15Cl2NO4/c1-3-20-13(19)11(7(2)17)16-12(18)8-4-5-9(14)10(15)6-8/h4-7,11,17H,3H2,1-2H3,(H,16,18)/t7-,11-/m1/s1. The summed E-state index contributed by atoms with van der Waals surface area (Å²) in [5.74, 6) is -1.25. The van der Waals surface area contributed by atoms with E-state index in [2.05, 4.69) is 5.32 Å². The molecule has 0 bridgehead atoms. The maximum absolute atomic E-state index is 12.0. The molecule has 0 heterocycles. The predicted octanol–water partition coefficient (Wildman–Crippen LogP) is 2.04. The van der Waals surface area contributed by atoms with Crippen LogP contribution in [0.4, 0.5) is 0 Å². The molecule has 0 saturated heterocycles. The summed E-state index contributed by atoms with van der Waals surface area (Å²) in [6, 6.07) is 3.18. The zero-order valence-corrected chi connectivity index (χ0v) is 12.5. The van der Waals surface area contributed by atoms with E-state index in [9.17, 15) is 14.7 Å². The number of halogens is 2. The summed E-state index contributed by atoms with van der Waals surface area (Å²) < 4.78 is 4.78. The SMILES string of the molecule is CCOC(=O)[C@H](NC(=O)c1ccc(Cl)c(Cl)c1)[C@@H](C)O. The second-order valence-corrected chi connectivity index (χ2v) is 4.89. The molecule has 0 saturated carbocycles. The maximum Gasteiger partial charge on any atom is 0.331 e. The average molecular weight is 320 g/mol. The lowest BCUT2D eigenvalue weighted by molar-refractivity contribution is -0.148. The van der Waals surface area contributed by atoms with Gasteiger partial charge in [0.25, 0.3) is 5.91 Å². The van der Waals surface area contributed by atoms with Crippen molar-refractivity contribution in [3.63, 3.8) is 0 Å². The van der Waals surface area contributed by atoms with Gasteiger partial charge < -0.3 is 15.2 Å². The van der Waals surface area contributed by atoms with Crippen molar-refractivity contribution in [3.05, 3.63) is 33.8 Å². The largest absolute Gasteiger partial charge is 0.464 e. The summed E-state index contributed by atoms with van der Waals surface area (Å²) in [4.78, 5) is 23.6. The number of aliphatic hydroxyl groups is 1. The first kappa shape index (κ1) is 16.8. The Bertz CT molecular complexity index is 505. The van der Waals surface area contributed by atoms with Crippen molar-refractivity contribution in [2.45, 2.75) is 26.0 Å². The minimum atomic E-state index is -1.14. The summed E-state index contributed by atoms with van der Waals surface area (Å²) in [6.07, 6.45) is -1.08. The van der Waals surface area contributed by atoms with Crippen LogP contribution in [0.5, 0.6) is 0 Å². The average Bonchev–Trinajstić information content (AvgIpc) is 2.38. The molecule has 0 aromatic heterocycles. The van der Waals surface area contributed by atoms with Crippen LogP contribution >= 0.6 is 23.2 Å². The van der Waals surface area contributed by atoms with E-state index in [0.717, 1.165) is 0 Å². The third-order valence-electron chi connectivity index (χ3n) is 2.49. The van der Waals surface area contributed by atoms with Gasteiger partial charge >= 0.3 is 5.97 Å². The first-order chi connectivity index (χ1) is 9.36. The Morgan fingerprint density at radius 2 is 2.00 bits per heavy atom. The van der Waals surface area contributed by atoms with Gasteiger partial charge in [0.1, 0.15) is 0 Å². The number of esters is 1. The molecule has 0 fully saturated rings. The van der Waals surface area contributed by atoms with E-state index < -0.39 is 24.0 Å². The van der Waals surface area contributed by atoms with Gasteiger partial charge in [0.15, 0.2) is 6.04 Å². The molecule has 1 amide bonds. The monoisotopic (exact) mass is 319 g/mol. The summed E-state index contributed by atoms with van der Waals surface area (Å²) in [5.41, 5.74) is 0.231. The van der Waals surface area contributed by atoms with E-state index >= 15 is 0 Å². The fourth-order valence-electron chi connectivity index (χ4n) is 1.47. The third kappa shape index (κ3) is 4.37. The van der Waals surface area contributed by atoms with E-state index in [1.54, 1.807) is 6.92 Å². The van der Waals surface area contributed by atoms with Gasteiger partial charge in [-0.2, -0.15) is 0 Å². The summed E-state index contributed by atoms with van der Waals surface area (Å²) in [5, 5.41) is 12.5. The van der Waals surface area contributed by atoms with Crippen molar-refractivity contribution in [1.82, 2.24) is 5.32 Å². The summed E-state index contributed by atoms with van der Waals surface area (Å²) >= 11 is 11.6. The predicted molar refractivity (Wildman–Crippen MR) is 76.0 cm³/mol. The Labute approximate surface area is 126 Å². The van der Waals surface area contributed by atoms with Crippen molar-refractivity contribution in [1.29, 1.82) is 0 Å². The molecule has 2 atom stereocenters. The van der Waals surface area contributed by atoms with Crippen LogP contribution in [0, 0.1) is 0 Å². The van der Waals surface area contributed by atoms with Crippen LogP contribution < -0.4 is 5.32 Å². The molecule has 0 aliphatic rings. The van der Waals surface area contributed by atoms with Gasteiger partial charge in [-0.15, -0.1) is 0 Å². The number of amides is 1. The van der Waals surface area contributed by atoms with Gasteiger partial charge in [-0.05, 0) is 32.0 Å². The molecule has 20 heavy (non-hydrogen) atoms. The van der Waals surface area contributed by atoms with Crippen LogP contribution in [-0.2, 0) is 9.53 Å². The molecule has 7 heteroatoms. The first-order valence-electron chi connectivity index (χ1n) is 5.97. The van der Waals surface area contributed by atoms with E-state index in [4.69, 9.17) is 27.9 Å². The van der Waals surface area contributed by atoms with Crippen molar-refractivity contribution in [2.24, 2.45) is 0 Å². The molecular weight excluding hydrogens is 305 g/mol. The highest BCUT2D eigenvalue weighted by Gasteiger charge is 2.27. The van der Waals surface area contributed by atoms with E-state index in [-0.39, 0.29) is 17.2 Å². The maximum atomic E-state index is 12.0. The number of ether oxygens (including phenoxy) is 1. The molecule has 1 aromatic rings. The van der Waals surface area contributed by atoms with E-state index in [1.165, 1.54) is 25.1 Å².